The number of hydrogen-bond acceptors (Lipinski definition) is 6. The van der Waals surface area contributed by atoms with Gasteiger partial charge in [-0.15, -0.1) is 5.10 Å². The monoisotopic (exact) mass is 391 g/mol. The van der Waals surface area contributed by atoms with E-state index in [9.17, 15) is 13.2 Å². The Morgan fingerprint density at radius 2 is 1.96 bits per heavy atom. The van der Waals surface area contributed by atoms with Gasteiger partial charge in [0.05, 0.1) is 16.3 Å². The van der Waals surface area contributed by atoms with Crippen LogP contribution in [0.4, 0.5) is 19.0 Å². The first-order valence-electron chi connectivity index (χ1n) is 6.90. The quantitative estimate of drug-likeness (QED) is 0.687. The summed E-state index contributed by atoms with van der Waals surface area (Å²) < 4.78 is 40.3. The smallest absolute Gasteiger partial charge is 0.358 e. The maximum Gasteiger partial charge on any atom is 0.408 e. The molecule has 0 spiro atoms. The predicted molar refractivity (Wildman–Crippen MR) is 85.7 cm³/mol. The molecule has 0 saturated heterocycles. The van der Waals surface area contributed by atoms with Crippen LogP contribution >= 0.6 is 23.2 Å². The number of hydrogen-bond donors (Lipinski definition) is 1. The summed E-state index contributed by atoms with van der Waals surface area (Å²) in [5, 5.41) is 6.43. The van der Waals surface area contributed by atoms with Gasteiger partial charge in [-0.1, -0.05) is 23.2 Å². The van der Waals surface area contributed by atoms with Crippen LogP contribution in [0.5, 0.6) is 0 Å². The summed E-state index contributed by atoms with van der Waals surface area (Å²) in [4.78, 5) is 15.8. The third-order valence-electron chi connectivity index (χ3n) is 3.30. The Morgan fingerprint density at radius 3 is 2.60 bits per heavy atom. The van der Waals surface area contributed by atoms with Gasteiger partial charge < -0.3 is 5.32 Å². The molecular weight excluding hydrogens is 382 g/mol. The van der Waals surface area contributed by atoms with Crippen molar-refractivity contribution in [1.82, 2.24) is 29.5 Å². The predicted octanol–water partition coefficient (Wildman–Crippen LogP) is 3.56. The zero-order valence-electron chi connectivity index (χ0n) is 12.8. The van der Waals surface area contributed by atoms with Crippen LogP contribution < -0.4 is 5.32 Å². The first-order valence-corrected chi connectivity index (χ1v) is 7.66. The van der Waals surface area contributed by atoms with E-state index in [-0.39, 0.29) is 33.0 Å². The fraction of sp³-hybridized carbons (Fsp3) is 0.308. The number of nitrogens with zero attached hydrogens (tertiary/aromatic N) is 6. The Hall–Kier alpha value is -2.20. The summed E-state index contributed by atoms with van der Waals surface area (Å²) in [5.41, 5.74) is 0.198. The first kappa shape index (κ1) is 17.6. The normalized spacial score (nSPS) is 13.2. The van der Waals surface area contributed by atoms with Crippen molar-refractivity contribution < 1.29 is 13.2 Å². The summed E-state index contributed by atoms with van der Waals surface area (Å²) >= 11 is 12.3. The third-order valence-corrected chi connectivity index (χ3v) is 3.85. The second kappa shape index (κ2) is 6.26. The molecule has 0 amide bonds. The number of rotatable bonds is 3. The number of aryl methyl sites for hydroxylation is 1. The van der Waals surface area contributed by atoms with Crippen LogP contribution in [-0.2, 0) is 0 Å². The summed E-state index contributed by atoms with van der Waals surface area (Å²) in [6, 6.07) is -1.89. The van der Waals surface area contributed by atoms with E-state index in [0.717, 1.165) is 11.4 Å². The molecule has 0 radical (unpaired) electrons. The van der Waals surface area contributed by atoms with Crippen molar-refractivity contribution >= 4 is 34.8 Å². The fourth-order valence-electron chi connectivity index (χ4n) is 2.10. The van der Waals surface area contributed by atoms with Gasteiger partial charge in [0.2, 0.25) is 0 Å². The Kier molecular flexibility index (Phi) is 4.41. The van der Waals surface area contributed by atoms with E-state index in [1.54, 1.807) is 6.92 Å². The molecular formula is C13H10Cl2F3N7. The SMILES string of the molecule is Cc1nc2nc(Cl)c(-c3ncncc3Cl)c(NC(C)C(F)(F)F)n2n1. The lowest BCUT2D eigenvalue weighted by Crippen LogP contribution is -2.34. The minimum absolute atomic E-state index is 0.0494. The molecule has 0 saturated carbocycles. The number of halogens is 5. The Morgan fingerprint density at radius 1 is 1.24 bits per heavy atom. The van der Waals surface area contributed by atoms with Gasteiger partial charge in [0.1, 0.15) is 29.2 Å². The maximum atomic E-state index is 13.0. The van der Waals surface area contributed by atoms with Gasteiger partial charge in [0.15, 0.2) is 0 Å². The summed E-state index contributed by atoms with van der Waals surface area (Å²) in [6.07, 6.45) is -2.00. The Bertz CT molecular complexity index is 941. The van der Waals surface area contributed by atoms with E-state index in [1.807, 2.05) is 0 Å². The first-order chi connectivity index (χ1) is 11.7. The van der Waals surface area contributed by atoms with Crippen LogP contribution in [0.2, 0.25) is 10.2 Å². The van der Waals surface area contributed by atoms with Gasteiger partial charge in [-0.2, -0.15) is 27.7 Å². The molecule has 0 aromatic carbocycles. The lowest BCUT2D eigenvalue weighted by atomic mass is 10.2. The van der Waals surface area contributed by atoms with Crippen molar-refractivity contribution in [2.24, 2.45) is 0 Å². The number of alkyl halides is 3. The molecule has 7 nitrogen and oxygen atoms in total. The second-order valence-electron chi connectivity index (χ2n) is 5.12. The highest BCUT2D eigenvalue weighted by Gasteiger charge is 2.37. The highest BCUT2D eigenvalue weighted by atomic mass is 35.5. The van der Waals surface area contributed by atoms with Gasteiger partial charge >= 0.3 is 6.18 Å². The van der Waals surface area contributed by atoms with Gasteiger partial charge in [-0.25, -0.2) is 9.97 Å². The Balaban J connectivity index is 2.30. The third kappa shape index (κ3) is 3.31. The summed E-state index contributed by atoms with van der Waals surface area (Å²) in [6.45, 7) is 2.55. The van der Waals surface area contributed by atoms with Crippen molar-refractivity contribution in [1.29, 1.82) is 0 Å². The molecule has 3 aromatic heterocycles. The summed E-state index contributed by atoms with van der Waals surface area (Å²) in [5.74, 6) is 0.298. The molecule has 12 heteroatoms. The van der Waals surface area contributed by atoms with E-state index >= 15 is 0 Å². The molecule has 1 unspecified atom stereocenters. The van der Waals surface area contributed by atoms with Crippen molar-refractivity contribution in [3.63, 3.8) is 0 Å². The topological polar surface area (TPSA) is 80.9 Å². The lowest BCUT2D eigenvalue weighted by molar-refractivity contribution is -0.138. The van der Waals surface area contributed by atoms with Crippen LogP contribution in [0.3, 0.4) is 0 Å². The average molecular weight is 392 g/mol. The standard InChI is InChI=1S/C13H10Cl2F3N7/c1-5(13(16,17)18)21-11-8(9-7(14)3-19-4-20-9)10(15)23-12-22-6(2)24-25(11)12/h3-5,21H,1-2H3. The number of aromatic nitrogens is 6. The molecule has 3 aromatic rings. The maximum absolute atomic E-state index is 13.0. The number of fused-ring (bicyclic) bond motifs is 1. The van der Waals surface area contributed by atoms with Crippen molar-refractivity contribution in [3.05, 3.63) is 28.5 Å². The highest BCUT2D eigenvalue weighted by molar-refractivity contribution is 6.36. The van der Waals surface area contributed by atoms with E-state index < -0.39 is 12.2 Å². The number of anilines is 1. The van der Waals surface area contributed by atoms with E-state index in [4.69, 9.17) is 23.2 Å². The van der Waals surface area contributed by atoms with Crippen LogP contribution in [-0.4, -0.2) is 41.8 Å². The van der Waals surface area contributed by atoms with Gasteiger partial charge in [-0.3, -0.25) is 0 Å². The number of nitrogens with one attached hydrogen (secondary N) is 1. The zero-order chi connectivity index (χ0) is 18.4. The molecule has 132 valence electrons. The molecule has 1 atom stereocenters. The molecule has 0 aliphatic carbocycles. The van der Waals surface area contributed by atoms with Gasteiger partial charge in [-0.05, 0) is 13.8 Å². The highest BCUT2D eigenvalue weighted by Crippen LogP contribution is 2.37. The zero-order valence-corrected chi connectivity index (χ0v) is 14.3. The second-order valence-corrected chi connectivity index (χ2v) is 5.89. The molecule has 0 bridgehead atoms. The van der Waals surface area contributed by atoms with E-state index in [0.29, 0.717) is 5.82 Å². The van der Waals surface area contributed by atoms with Crippen molar-refractivity contribution in [3.8, 4) is 11.3 Å². The van der Waals surface area contributed by atoms with Crippen molar-refractivity contribution in [2.45, 2.75) is 26.1 Å². The van der Waals surface area contributed by atoms with Gasteiger partial charge in [0, 0.05) is 6.20 Å². The molecule has 1 N–H and O–H groups in total. The van der Waals surface area contributed by atoms with Crippen LogP contribution in [0.1, 0.15) is 12.7 Å². The minimum Gasteiger partial charge on any atom is -0.358 e. The Labute approximate surface area is 149 Å². The fourth-order valence-corrected chi connectivity index (χ4v) is 2.55. The van der Waals surface area contributed by atoms with E-state index in [1.165, 1.54) is 12.5 Å². The van der Waals surface area contributed by atoms with Crippen molar-refractivity contribution in [2.75, 3.05) is 5.32 Å². The van der Waals surface area contributed by atoms with Crippen LogP contribution in [0.25, 0.3) is 17.0 Å². The minimum atomic E-state index is -4.50. The van der Waals surface area contributed by atoms with Crippen LogP contribution in [0, 0.1) is 6.92 Å². The molecule has 0 aliphatic rings. The van der Waals surface area contributed by atoms with E-state index in [2.05, 4.69) is 30.4 Å². The average Bonchev–Trinajstić information content (AvgIpc) is 2.87. The van der Waals surface area contributed by atoms with Gasteiger partial charge in [0.25, 0.3) is 5.78 Å². The van der Waals surface area contributed by atoms with Crippen LogP contribution in [0.15, 0.2) is 12.5 Å². The molecule has 0 fully saturated rings. The lowest BCUT2D eigenvalue weighted by Gasteiger charge is -2.21. The molecule has 3 rings (SSSR count). The molecule has 3 heterocycles. The molecule has 0 aliphatic heterocycles. The molecule has 25 heavy (non-hydrogen) atoms. The largest absolute Gasteiger partial charge is 0.408 e. The summed E-state index contributed by atoms with van der Waals surface area (Å²) in [7, 11) is 0.